The molecule has 34 heavy (non-hydrogen) atoms. The number of hydrogen-bond acceptors (Lipinski definition) is 5. The van der Waals surface area contributed by atoms with Crippen molar-refractivity contribution in [1.82, 2.24) is 9.55 Å². The maximum atomic E-state index is 13.5. The van der Waals surface area contributed by atoms with Gasteiger partial charge in [-0.15, -0.1) is 0 Å². The van der Waals surface area contributed by atoms with E-state index >= 15 is 0 Å². The van der Waals surface area contributed by atoms with Gasteiger partial charge in [0.05, 0.1) is 12.7 Å². The summed E-state index contributed by atoms with van der Waals surface area (Å²) in [7, 11) is 1.59. The number of fused-ring (bicyclic) bond motifs is 1. The summed E-state index contributed by atoms with van der Waals surface area (Å²) in [6.45, 7) is 5.77. The minimum atomic E-state index is -1.03. The van der Waals surface area contributed by atoms with Gasteiger partial charge in [0.2, 0.25) is 0 Å². The molecule has 174 valence electrons. The van der Waals surface area contributed by atoms with E-state index in [0.29, 0.717) is 29.2 Å². The molecule has 2 aromatic carbocycles. The molecule has 0 aliphatic heterocycles. The molecule has 0 spiro atoms. The molecule has 4 rings (SSSR count). The van der Waals surface area contributed by atoms with Crippen LogP contribution >= 0.6 is 0 Å². The summed E-state index contributed by atoms with van der Waals surface area (Å²) in [5.74, 6) is 0.0495. The van der Waals surface area contributed by atoms with Crippen LogP contribution in [0.1, 0.15) is 39.8 Å². The maximum Gasteiger partial charge on any atom is 0.344 e. The highest BCUT2D eigenvalue weighted by atomic mass is 16.5. The van der Waals surface area contributed by atoms with E-state index in [1.165, 1.54) is 6.92 Å². The van der Waals surface area contributed by atoms with Gasteiger partial charge < -0.3 is 19.1 Å². The van der Waals surface area contributed by atoms with Crippen LogP contribution in [-0.4, -0.2) is 39.6 Å². The predicted molar refractivity (Wildman–Crippen MR) is 129 cm³/mol. The number of carboxylic acid groups (broad SMARTS) is 1. The van der Waals surface area contributed by atoms with E-state index in [4.69, 9.17) is 19.6 Å². The van der Waals surface area contributed by atoms with Gasteiger partial charge in [-0.05, 0) is 74.9 Å². The van der Waals surface area contributed by atoms with Crippen molar-refractivity contribution in [3.8, 4) is 11.5 Å². The lowest BCUT2D eigenvalue weighted by molar-refractivity contribution is -0.144. The Labute approximate surface area is 197 Å². The largest absolute Gasteiger partial charge is 0.497 e. The van der Waals surface area contributed by atoms with Crippen molar-refractivity contribution in [1.29, 1.82) is 0 Å². The maximum absolute atomic E-state index is 13.5. The van der Waals surface area contributed by atoms with Gasteiger partial charge in [-0.3, -0.25) is 4.79 Å². The van der Waals surface area contributed by atoms with Crippen LogP contribution < -0.4 is 9.47 Å². The Kier molecular flexibility index (Phi) is 6.36. The fourth-order valence-corrected chi connectivity index (χ4v) is 3.95. The predicted octanol–water partition coefficient (Wildman–Crippen LogP) is 4.79. The van der Waals surface area contributed by atoms with Gasteiger partial charge in [-0.1, -0.05) is 12.1 Å². The van der Waals surface area contributed by atoms with Crippen LogP contribution in [0.4, 0.5) is 0 Å². The van der Waals surface area contributed by atoms with Gasteiger partial charge >= 0.3 is 5.97 Å². The zero-order chi connectivity index (χ0) is 24.4. The van der Waals surface area contributed by atoms with E-state index in [-0.39, 0.29) is 5.78 Å². The second-order valence-electron chi connectivity index (χ2n) is 8.17. The van der Waals surface area contributed by atoms with Crippen molar-refractivity contribution in [3.63, 3.8) is 0 Å². The number of carbonyl (C=O) groups is 2. The molecule has 7 heteroatoms. The van der Waals surface area contributed by atoms with Crippen LogP contribution in [0.15, 0.2) is 60.7 Å². The Morgan fingerprint density at radius 1 is 1.03 bits per heavy atom. The monoisotopic (exact) mass is 458 g/mol. The molecular formula is C27H26N2O5. The molecule has 0 saturated heterocycles. The summed E-state index contributed by atoms with van der Waals surface area (Å²) >= 11 is 0. The minimum Gasteiger partial charge on any atom is -0.497 e. The van der Waals surface area contributed by atoms with Crippen molar-refractivity contribution in [3.05, 3.63) is 88.7 Å². The fraction of sp³-hybridized carbons (Fsp3) is 0.222. The number of ether oxygens (including phenoxy) is 2. The average Bonchev–Trinajstić information content (AvgIpc) is 3.09. The number of methoxy groups -OCH3 is 1. The molecule has 2 heterocycles. The molecule has 0 bridgehead atoms. The third kappa shape index (κ3) is 4.50. The standard InChI is InChI=1S/C27H26N2O5/c1-16-8-13-23-24(25(30)20-9-11-21(33-4)12-10-20)17(2)29(26(23)28-16)15-19-6-5-7-22(14-19)34-18(3)27(31)32/h5-14,18H,15H2,1-4H3,(H,31,32)/t18-/m0/s1. The van der Waals surface area contributed by atoms with Crippen molar-refractivity contribution < 1.29 is 24.2 Å². The Hall–Kier alpha value is -4.13. The van der Waals surface area contributed by atoms with Crippen LogP contribution in [0, 0.1) is 13.8 Å². The molecule has 1 N–H and O–H groups in total. The average molecular weight is 459 g/mol. The topological polar surface area (TPSA) is 90.7 Å². The number of carbonyl (C=O) groups excluding carboxylic acids is 1. The SMILES string of the molecule is COc1ccc(C(=O)c2c(C)n(Cc3cccc(O[C@@H](C)C(=O)O)c3)c3nc(C)ccc23)cc1. The number of aryl methyl sites for hydroxylation is 1. The minimum absolute atomic E-state index is 0.0816. The highest BCUT2D eigenvalue weighted by Gasteiger charge is 2.22. The number of ketones is 1. The van der Waals surface area contributed by atoms with Gasteiger partial charge in [0.1, 0.15) is 17.1 Å². The Morgan fingerprint density at radius 3 is 2.44 bits per heavy atom. The van der Waals surface area contributed by atoms with Crippen molar-refractivity contribution >= 4 is 22.8 Å². The second-order valence-corrected chi connectivity index (χ2v) is 8.17. The summed E-state index contributed by atoms with van der Waals surface area (Å²) in [4.78, 5) is 29.4. The first-order valence-electron chi connectivity index (χ1n) is 10.9. The lowest BCUT2D eigenvalue weighted by atomic mass is 10.0. The number of aliphatic carboxylic acids is 1. The lowest BCUT2D eigenvalue weighted by Crippen LogP contribution is -2.22. The van der Waals surface area contributed by atoms with Gasteiger partial charge in [-0.25, -0.2) is 9.78 Å². The van der Waals surface area contributed by atoms with Crippen LogP contribution in [-0.2, 0) is 11.3 Å². The Balaban J connectivity index is 1.75. The lowest BCUT2D eigenvalue weighted by Gasteiger charge is -2.13. The number of hydrogen-bond donors (Lipinski definition) is 1. The molecule has 0 aliphatic rings. The number of rotatable bonds is 8. The second kappa shape index (κ2) is 9.39. The molecule has 7 nitrogen and oxygen atoms in total. The van der Waals surface area contributed by atoms with E-state index in [2.05, 4.69) is 0 Å². The molecular weight excluding hydrogens is 432 g/mol. The van der Waals surface area contributed by atoms with Crippen LogP contribution in [0.2, 0.25) is 0 Å². The number of nitrogens with zero attached hydrogens (tertiary/aromatic N) is 2. The first kappa shape index (κ1) is 23.0. The molecule has 0 unspecified atom stereocenters. The van der Waals surface area contributed by atoms with E-state index in [0.717, 1.165) is 28.0 Å². The van der Waals surface area contributed by atoms with Gasteiger partial charge in [-0.2, -0.15) is 0 Å². The van der Waals surface area contributed by atoms with Crippen molar-refractivity contribution in [2.75, 3.05) is 7.11 Å². The molecule has 4 aromatic rings. The molecule has 0 amide bonds. The zero-order valence-corrected chi connectivity index (χ0v) is 19.5. The fourth-order valence-electron chi connectivity index (χ4n) is 3.95. The number of carboxylic acids is 1. The normalized spacial score (nSPS) is 11.9. The Bertz CT molecular complexity index is 1370. The third-order valence-corrected chi connectivity index (χ3v) is 5.79. The van der Waals surface area contributed by atoms with Gasteiger partial charge in [0.15, 0.2) is 11.9 Å². The molecule has 2 aromatic heterocycles. The van der Waals surface area contributed by atoms with Crippen LogP contribution in [0.3, 0.4) is 0 Å². The van der Waals surface area contributed by atoms with E-state index < -0.39 is 12.1 Å². The number of aromatic nitrogens is 2. The van der Waals surface area contributed by atoms with Gasteiger partial charge in [0, 0.05) is 28.9 Å². The molecule has 0 aliphatic carbocycles. The third-order valence-electron chi connectivity index (χ3n) is 5.79. The highest BCUT2D eigenvalue weighted by molar-refractivity contribution is 6.17. The molecule has 1 atom stereocenters. The summed E-state index contributed by atoms with van der Waals surface area (Å²) in [6.07, 6.45) is -0.956. The van der Waals surface area contributed by atoms with Gasteiger partial charge in [0.25, 0.3) is 0 Å². The smallest absolute Gasteiger partial charge is 0.344 e. The van der Waals surface area contributed by atoms with E-state index in [1.807, 2.05) is 48.7 Å². The van der Waals surface area contributed by atoms with E-state index in [9.17, 15) is 9.59 Å². The number of pyridine rings is 1. The zero-order valence-electron chi connectivity index (χ0n) is 19.5. The first-order valence-corrected chi connectivity index (χ1v) is 10.9. The summed E-state index contributed by atoms with van der Waals surface area (Å²) < 4.78 is 12.7. The first-order chi connectivity index (χ1) is 16.3. The number of benzene rings is 2. The molecule has 0 radical (unpaired) electrons. The Morgan fingerprint density at radius 2 is 1.76 bits per heavy atom. The highest BCUT2D eigenvalue weighted by Crippen LogP contribution is 2.29. The molecule has 0 saturated carbocycles. The molecule has 0 fully saturated rings. The van der Waals surface area contributed by atoms with Crippen molar-refractivity contribution in [2.45, 2.75) is 33.4 Å². The summed E-state index contributed by atoms with van der Waals surface area (Å²) in [5.41, 5.74) is 4.46. The quantitative estimate of drug-likeness (QED) is 0.382. The summed E-state index contributed by atoms with van der Waals surface area (Å²) in [5, 5.41) is 9.92. The van der Waals surface area contributed by atoms with Crippen LogP contribution in [0.25, 0.3) is 11.0 Å². The van der Waals surface area contributed by atoms with E-state index in [1.54, 1.807) is 37.4 Å². The van der Waals surface area contributed by atoms with Crippen LogP contribution in [0.5, 0.6) is 11.5 Å². The summed E-state index contributed by atoms with van der Waals surface area (Å²) in [6, 6.07) is 18.2. The van der Waals surface area contributed by atoms with Crippen molar-refractivity contribution in [2.24, 2.45) is 0 Å².